The fourth-order valence-corrected chi connectivity index (χ4v) is 6.01. The van der Waals surface area contributed by atoms with Crippen molar-refractivity contribution in [2.45, 2.75) is 16.3 Å². The van der Waals surface area contributed by atoms with Gasteiger partial charge in [0.05, 0.1) is 16.3 Å². The Morgan fingerprint density at radius 3 is 2.02 bits per heavy atom. The number of anilines is 3. The summed E-state index contributed by atoms with van der Waals surface area (Å²) >= 11 is 7.32. The number of rotatable bonds is 11. The lowest BCUT2D eigenvalue weighted by Crippen LogP contribution is -2.30. The van der Waals surface area contributed by atoms with Gasteiger partial charge in [0, 0.05) is 35.9 Å². The molecule has 0 spiro atoms. The van der Waals surface area contributed by atoms with Crippen LogP contribution >= 0.6 is 23.4 Å². The van der Waals surface area contributed by atoms with E-state index < -0.39 is 34.7 Å². The van der Waals surface area contributed by atoms with Crippen molar-refractivity contribution in [1.29, 1.82) is 0 Å². The van der Waals surface area contributed by atoms with Gasteiger partial charge in [-0.1, -0.05) is 72.3 Å². The molecule has 0 saturated heterocycles. The number of benzene rings is 5. The molecule has 1 atom stereocenters. The highest BCUT2D eigenvalue weighted by molar-refractivity contribution is 8.00. The van der Waals surface area contributed by atoms with Gasteiger partial charge in [-0.2, -0.15) is 13.2 Å². The maximum absolute atomic E-state index is 13.5. The first-order chi connectivity index (χ1) is 24.4. The Balaban J connectivity index is 1.34. The summed E-state index contributed by atoms with van der Waals surface area (Å²) in [6, 6.07) is 34.2. The molecule has 0 aliphatic heterocycles. The van der Waals surface area contributed by atoms with Crippen molar-refractivity contribution in [3.63, 3.8) is 0 Å². The largest absolute Gasteiger partial charge is 0.416 e. The van der Waals surface area contributed by atoms with E-state index >= 15 is 0 Å². The van der Waals surface area contributed by atoms with E-state index in [1.54, 1.807) is 91.0 Å². The minimum absolute atomic E-state index is 0.0222. The molecule has 5 aromatic rings. The van der Waals surface area contributed by atoms with Crippen LogP contribution in [0.2, 0.25) is 5.02 Å². The number of halogens is 4. The maximum atomic E-state index is 13.5. The van der Waals surface area contributed by atoms with E-state index in [0.717, 1.165) is 23.9 Å². The molecule has 0 aromatic heterocycles. The molecular weight excluding hydrogens is 697 g/mol. The van der Waals surface area contributed by atoms with E-state index in [2.05, 4.69) is 16.0 Å². The molecule has 0 fully saturated rings. The van der Waals surface area contributed by atoms with Gasteiger partial charge in [0.15, 0.2) is 0 Å². The number of alkyl halides is 3. The van der Waals surface area contributed by atoms with Crippen molar-refractivity contribution >= 4 is 64.2 Å². The monoisotopic (exact) mass is 728 g/mol. The molecule has 5 aromatic carbocycles. The van der Waals surface area contributed by atoms with Crippen LogP contribution in [0.15, 0.2) is 138 Å². The summed E-state index contributed by atoms with van der Waals surface area (Å²) in [7, 11) is 3.84. The molecule has 7 nitrogen and oxygen atoms in total. The topological polar surface area (TPSA) is 90.5 Å². The first-order valence-electron chi connectivity index (χ1n) is 15.5. The third-order valence-electron chi connectivity index (χ3n) is 7.51. The molecule has 0 aliphatic carbocycles. The molecule has 3 amide bonds. The van der Waals surface area contributed by atoms with Crippen LogP contribution in [0.5, 0.6) is 0 Å². The summed E-state index contributed by atoms with van der Waals surface area (Å²) in [4.78, 5) is 42.7. The van der Waals surface area contributed by atoms with E-state index in [9.17, 15) is 27.6 Å². The number of nitrogens with one attached hydrogen (secondary N) is 3. The second-order valence-electron chi connectivity index (χ2n) is 11.4. The SMILES string of the molecule is CN(C)c1ccc(/C=C(\NC(=O)c2ccccc2)C(=O)Nc2ccc(SC(C(=O)Nc3cc(C(F)(F)F)ccc3Cl)c3ccccc3)cc2)cc1. The predicted octanol–water partition coefficient (Wildman–Crippen LogP) is 9.31. The number of hydrogen-bond acceptors (Lipinski definition) is 5. The van der Waals surface area contributed by atoms with Gasteiger partial charge in [-0.25, -0.2) is 0 Å². The highest BCUT2D eigenvalue weighted by atomic mass is 35.5. The average Bonchev–Trinajstić information content (AvgIpc) is 3.12. The minimum atomic E-state index is -4.61. The van der Waals surface area contributed by atoms with Crippen LogP contribution in [0.3, 0.4) is 0 Å². The lowest BCUT2D eigenvalue weighted by Gasteiger charge is -2.19. The zero-order chi connectivity index (χ0) is 36.5. The normalized spacial score (nSPS) is 12.1. The van der Waals surface area contributed by atoms with Gasteiger partial charge in [0.1, 0.15) is 10.9 Å². The van der Waals surface area contributed by atoms with Crippen LogP contribution in [-0.2, 0) is 15.8 Å². The molecule has 0 aliphatic rings. The lowest BCUT2D eigenvalue weighted by atomic mass is 10.1. The molecule has 3 N–H and O–H groups in total. The van der Waals surface area contributed by atoms with E-state index in [-0.39, 0.29) is 16.4 Å². The van der Waals surface area contributed by atoms with Crippen molar-refractivity contribution in [3.05, 3.63) is 160 Å². The summed E-state index contributed by atoms with van der Waals surface area (Å²) in [6.45, 7) is 0. The predicted molar refractivity (Wildman–Crippen MR) is 198 cm³/mol. The molecule has 5 rings (SSSR count). The molecule has 0 heterocycles. The molecule has 1 unspecified atom stereocenters. The zero-order valence-corrected chi connectivity index (χ0v) is 28.9. The van der Waals surface area contributed by atoms with Crippen LogP contribution in [-0.4, -0.2) is 31.8 Å². The van der Waals surface area contributed by atoms with Gasteiger partial charge >= 0.3 is 6.18 Å². The molecular formula is C39H32ClF3N4O3S. The summed E-state index contributed by atoms with van der Waals surface area (Å²) in [6.07, 6.45) is -3.03. The Hall–Kier alpha value is -5.52. The smallest absolute Gasteiger partial charge is 0.378 e. The maximum Gasteiger partial charge on any atom is 0.416 e. The van der Waals surface area contributed by atoms with Crippen molar-refractivity contribution in [3.8, 4) is 0 Å². The summed E-state index contributed by atoms with van der Waals surface area (Å²) < 4.78 is 40.1. The standard InChI is InChI=1S/C39H32ClF3N4O3S/c1-47(2)30-18-13-25(14-19-30)23-34(46-36(48)27-11-7-4-8-12-27)37(49)44-29-16-20-31(21-17-29)51-35(26-9-5-3-6-10-26)38(50)45-33-24-28(39(41,42)43)15-22-32(33)40/h3-24,35H,1-2H3,(H,44,49)(H,45,50)(H,46,48)/b34-23-. The second kappa shape index (κ2) is 16.5. The van der Waals surface area contributed by atoms with Gasteiger partial charge < -0.3 is 20.9 Å². The van der Waals surface area contributed by atoms with Crippen LogP contribution in [0.25, 0.3) is 6.08 Å². The van der Waals surface area contributed by atoms with Gasteiger partial charge in [-0.3, -0.25) is 14.4 Å². The molecule has 0 radical (unpaired) electrons. The fraction of sp³-hybridized carbons (Fsp3) is 0.103. The van der Waals surface area contributed by atoms with Crippen molar-refractivity contribution < 1.29 is 27.6 Å². The first-order valence-corrected chi connectivity index (χ1v) is 16.8. The fourth-order valence-electron chi connectivity index (χ4n) is 4.83. The Morgan fingerprint density at radius 1 is 0.784 bits per heavy atom. The summed E-state index contributed by atoms with van der Waals surface area (Å²) in [5.41, 5.74) is 2.00. The van der Waals surface area contributed by atoms with Crippen molar-refractivity contribution in [2.75, 3.05) is 29.6 Å². The second-order valence-corrected chi connectivity index (χ2v) is 13.0. The van der Waals surface area contributed by atoms with Crippen LogP contribution < -0.4 is 20.9 Å². The highest BCUT2D eigenvalue weighted by Gasteiger charge is 2.32. The molecule has 0 bridgehead atoms. The lowest BCUT2D eigenvalue weighted by molar-refractivity contribution is -0.137. The van der Waals surface area contributed by atoms with Gasteiger partial charge in [-0.15, -0.1) is 11.8 Å². The number of nitrogens with zero attached hydrogens (tertiary/aromatic N) is 1. The number of thioether (sulfide) groups is 1. The Kier molecular flexibility index (Phi) is 11.9. The van der Waals surface area contributed by atoms with Crippen molar-refractivity contribution in [2.24, 2.45) is 0 Å². The van der Waals surface area contributed by atoms with Gasteiger partial charge in [-0.05, 0) is 83.9 Å². The molecule has 51 heavy (non-hydrogen) atoms. The van der Waals surface area contributed by atoms with Crippen molar-refractivity contribution in [1.82, 2.24) is 5.32 Å². The Morgan fingerprint density at radius 2 is 1.41 bits per heavy atom. The number of hydrogen-bond donors (Lipinski definition) is 3. The Bertz CT molecular complexity index is 2020. The summed E-state index contributed by atoms with van der Waals surface area (Å²) in [5.74, 6) is -1.59. The third-order valence-corrected chi connectivity index (χ3v) is 9.10. The van der Waals surface area contributed by atoms with E-state index in [1.165, 1.54) is 11.8 Å². The average molecular weight is 729 g/mol. The molecule has 12 heteroatoms. The van der Waals surface area contributed by atoms with E-state index in [1.807, 2.05) is 43.3 Å². The zero-order valence-electron chi connectivity index (χ0n) is 27.4. The molecule has 260 valence electrons. The molecule has 0 saturated carbocycles. The Labute approximate surface area is 302 Å². The van der Waals surface area contributed by atoms with Crippen LogP contribution in [0.1, 0.15) is 32.3 Å². The van der Waals surface area contributed by atoms with E-state index in [4.69, 9.17) is 11.6 Å². The highest BCUT2D eigenvalue weighted by Crippen LogP contribution is 2.39. The summed E-state index contributed by atoms with van der Waals surface area (Å²) in [5, 5.41) is 7.20. The van der Waals surface area contributed by atoms with Gasteiger partial charge in [0.25, 0.3) is 11.8 Å². The van der Waals surface area contributed by atoms with Crippen LogP contribution in [0.4, 0.5) is 30.2 Å². The number of carbonyl (C=O) groups is 3. The quantitative estimate of drug-likeness (QED) is 0.0932. The van der Waals surface area contributed by atoms with Crippen LogP contribution in [0, 0.1) is 0 Å². The number of amides is 3. The van der Waals surface area contributed by atoms with E-state index in [0.29, 0.717) is 27.3 Å². The van der Waals surface area contributed by atoms with Gasteiger partial charge in [0.2, 0.25) is 5.91 Å². The number of carbonyl (C=O) groups excluding carboxylic acids is 3. The third kappa shape index (κ3) is 10.0. The minimum Gasteiger partial charge on any atom is -0.378 e. The first kappa shape index (κ1) is 36.8.